The van der Waals surface area contributed by atoms with E-state index in [1.807, 2.05) is 30.3 Å². The second-order valence-electron chi connectivity index (χ2n) is 5.39. The Bertz CT molecular complexity index is 1010. The number of hydrogen-bond acceptors (Lipinski definition) is 4. The van der Waals surface area contributed by atoms with E-state index in [4.69, 9.17) is 0 Å². The van der Waals surface area contributed by atoms with Crippen molar-refractivity contribution < 1.29 is 8.42 Å². The van der Waals surface area contributed by atoms with Crippen LogP contribution < -0.4 is 5.56 Å². The minimum atomic E-state index is -3.57. The Labute approximate surface area is 140 Å². The van der Waals surface area contributed by atoms with Crippen LogP contribution in [-0.4, -0.2) is 18.0 Å². The highest BCUT2D eigenvalue weighted by molar-refractivity contribution is 7.90. The van der Waals surface area contributed by atoms with Gasteiger partial charge in [-0.1, -0.05) is 48.5 Å². The van der Waals surface area contributed by atoms with Gasteiger partial charge in [0.05, 0.1) is 10.6 Å². The molecule has 1 heterocycles. The summed E-state index contributed by atoms with van der Waals surface area (Å²) in [5, 5.41) is 0. The predicted molar refractivity (Wildman–Crippen MR) is 92.2 cm³/mol. The van der Waals surface area contributed by atoms with Crippen LogP contribution in [0.15, 0.2) is 76.4 Å². The first-order chi connectivity index (χ1) is 11.5. The van der Waals surface area contributed by atoms with Gasteiger partial charge in [0.25, 0.3) is 5.56 Å². The predicted octanol–water partition coefficient (Wildman–Crippen LogP) is 2.42. The van der Waals surface area contributed by atoms with Crippen LogP contribution in [0.4, 0.5) is 0 Å². The largest absolute Gasteiger partial charge is 0.299 e. The molecule has 0 saturated carbocycles. The van der Waals surface area contributed by atoms with Gasteiger partial charge < -0.3 is 0 Å². The molecule has 0 aliphatic carbocycles. The number of hydrogen-bond donors (Lipinski definition) is 0. The van der Waals surface area contributed by atoms with E-state index in [2.05, 4.69) is 4.98 Å². The molecule has 0 bridgehead atoms. The van der Waals surface area contributed by atoms with Crippen molar-refractivity contribution >= 4 is 9.84 Å². The Morgan fingerprint density at radius 3 is 2.17 bits per heavy atom. The van der Waals surface area contributed by atoms with Gasteiger partial charge in [0, 0.05) is 18.7 Å². The van der Waals surface area contributed by atoms with E-state index < -0.39 is 9.84 Å². The van der Waals surface area contributed by atoms with Gasteiger partial charge in [0.1, 0.15) is 11.6 Å². The Morgan fingerprint density at radius 2 is 1.54 bits per heavy atom. The Balaban J connectivity index is 2.06. The molecule has 0 unspecified atom stereocenters. The maximum Gasteiger partial charge on any atom is 0.253 e. The van der Waals surface area contributed by atoms with Crippen LogP contribution in [-0.2, 0) is 22.6 Å². The number of benzene rings is 2. The second kappa shape index (κ2) is 6.41. The lowest BCUT2D eigenvalue weighted by Gasteiger charge is -2.10. The summed E-state index contributed by atoms with van der Waals surface area (Å²) < 4.78 is 26.4. The molecule has 0 radical (unpaired) electrons. The van der Waals surface area contributed by atoms with Crippen molar-refractivity contribution in [3.8, 4) is 11.3 Å². The van der Waals surface area contributed by atoms with Crippen LogP contribution in [0.5, 0.6) is 0 Å². The topological polar surface area (TPSA) is 69.0 Å². The third-order valence-electron chi connectivity index (χ3n) is 3.72. The molecular formula is C18H16N2O3S. The van der Waals surface area contributed by atoms with Gasteiger partial charge in [-0.3, -0.25) is 9.36 Å². The summed E-state index contributed by atoms with van der Waals surface area (Å²) in [5.74, 6) is -0.117. The molecule has 0 atom stereocenters. The number of rotatable bonds is 4. The highest BCUT2D eigenvalue weighted by atomic mass is 32.2. The molecule has 3 aromatic rings. The van der Waals surface area contributed by atoms with E-state index in [1.54, 1.807) is 18.2 Å². The van der Waals surface area contributed by atoms with Crippen molar-refractivity contribution in [2.45, 2.75) is 10.6 Å². The van der Waals surface area contributed by atoms with Gasteiger partial charge in [0.2, 0.25) is 0 Å². The summed E-state index contributed by atoms with van der Waals surface area (Å²) in [6.45, 7) is 0. The molecule has 24 heavy (non-hydrogen) atoms. The Morgan fingerprint density at radius 1 is 0.958 bits per heavy atom. The van der Waals surface area contributed by atoms with Crippen LogP contribution >= 0.6 is 0 Å². The van der Waals surface area contributed by atoms with Gasteiger partial charge in [-0.05, 0) is 12.1 Å². The van der Waals surface area contributed by atoms with Crippen LogP contribution in [0.3, 0.4) is 0 Å². The van der Waals surface area contributed by atoms with Gasteiger partial charge in [-0.25, -0.2) is 13.4 Å². The fraction of sp³-hybridized carbons (Fsp3) is 0.111. The molecule has 0 fully saturated rings. The molecule has 0 amide bonds. The maximum atomic E-state index is 12.6. The van der Waals surface area contributed by atoms with Crippen LogP contribution in [0.25, 0.3) is 11.3 Å². The van der Waals surface area contributed by atoms with E-state index in [0.717, 1.165) is 5.56 Å². The molecule has 6 heteroatoms. The van der Waals surface area contributed by atoms with E-state index in [-0.39, 0.29) is 22.0 Å². The van der Waals surface area contributed by atoms with Crippen molar-refractivity contribution in [3.05, 3.63) is 82.9 Å². The van der Waals surface area contributed by atoms with Gasteiger partial charge in [-0.15, -0.1) is 0 Å². The van der Waals surface area contributed by atoms with E-state index in [0.29, 0.717) is 5.69 Å². The highest BCUT2D eigenvalue weighted by Gasteiger charge is 2.19. The molecule has 0 spiro atoms. The molecule has 0 aliphatic rings. The molecule has 0 aliphatic heterocycles. The quantitative estimate of drug-likeness (QED) is 0.731. The number of nitrogens with zero attached hydrogens (tertiary/aromatic N) is 2. The first-order valence-corrected chi connectivity index (χ1v) is 9.03. The molecule has 3 rings (SSSR count). The smallest absolute Gasteiger partial charge is 0.253 e. The number of aromatic nitrogens is 2. The van der Waals surface area contributed by atoms with Crippen LogP contribution in [0.1, 0.15) is 5.82 Å². The fourth-order valence-electron chi connectivity index (χ4n) is 2.35. The lowest BCUT2D eigenvalue weighted by molar-refractivity contribution is 0.591. The van der Waals surface area contributed by atoms with E-state index in [1.165, 1.54) is 29.8 Å². The molecule has 0 N–H and O–H groups in total. The molecule has 5 nitrogen and oxygen atoms in total. The van der Waals surface area contributed by atoms with Gasteiger partial charge in [-0.2, -0.15) is 0 Å². The summed E-state index contributed by atoms with van der Waals surface area (Å²) in [6, 6.07) is 18.8. The molecule has 122 valence electrons. The van der Waals surface area contributed by atoms with Crippen molar-refractivity contribution in [1.29, 1.82) is 0 Å². The zero-order chi connectivity index (χ0) is 17.2. The van der Waals surface area contributed by atoms with Crippen molar-refractivity contribution in [2.75, 3.05) is 0 Å². The van der Waals surface area contributed by atoms with Crippen LogP contribution in [0, 0.1) is 0 Å². The lowest BCUT2D eigenvalue weighted by Crippen LogP contribution is -2.23. The maximum absolute atomic E-state index is 12.6. The minimum absolute atomic E-state index is 0.212. The molecular weight excluding hydrogens is 324 g/mol. The van der Waals surface area contributed by atoms with Crippen LogP contribution in [0.2, 0.25) is 0 Å². The highest BCUT2D eigenvalue weighted by Crippen LogP contribution is 2.18. The third kappa shape index (κ3) is 3.28. The van der Waals surface area contributed by atoms with Gasteiger partial charge in [0.15, 0.2) is 9.84 Å². The SMILES string of the molecule is Cn1c(CS(=O)(=O)c2ccccc2)nc(-c2ccccc2)cc1=O. The zero-order valence-corrected chi connectivity index (χ0v) is 13.9. The monoisotopic (exact) mass is 340 g/mol. The second-order valence-corrected chi connectivity index (χ2v) is 7.38. The van der Waals surface area contributed by atoms with Crippen molar-refractivity contribution in [3.63, 3.8) is 0 Å². The first-order valence-electron chi connectivity index (χ1n) is 7.37. The van der Waals surface area contributed by atoms with E-state index >= 15 is 0 Å². The Kier molecular flexibility index (Phi) is 4.31. The molecule has 0 saturated heterocycles. The van der Waals surface area contributed by atoms with Gasteiger partial charge >= 0.3 is 0 Å². The molecule has 2 aromatic carbocycles. The fourth-order valence-corrected chi connectivity index (χ4v) is 3.69. The first kappa shape index (κ1) is 16.1. The minimum Gasteiger partial charge on any atom is -0.299 e. The summed E-state index contributed by atoms with van der Waals surface area (Å²) in [5.41, 5.74) is 0.952. The molecule has 1 aromatic heterocycles. The lowest BCUT2D eigenvalue weighted by atomic mass is 10.1. The summed E-state index contributed by atoms with van der Waals surface area (Å²) >= 11 is 0. The van der Waals surface area contributed by atoms with Crippen molar-refractivity contribution in [2.24, 2.45) is 7.05 Å². The zero-order valence-electron chi connectivity index (χ0n) is 13.1. The summed E-state index contributed by atoms with van der Waals surface area (Å²) in [7, 11) is -2.05. The third-order valence-corrected chi connectivity index (χ3v) is 5.35. The average Bonchev–Trinajstić information content (AvgIpc) is 2.60. The summed E-state index contributed by atoms with van der Waals surface area (Å²) in [4.78, 5) is 16.8. The standard InChI is InChI=1S/C18H16N2O3S/c1-20-17(13-24(22,23)15-10-6-3-7-11-15)19-16(12-18(20)21)14-8-4-2-5-9-14/h2-12H,13H2,1H3. The normalized spacial score (nSPS) is 11.4. The average molecular weight is 340 g/mol. The summed E-state index contributed by atoms with van der Waals surface area (Å²) in [6.07, 6.45) is 0. The Hall–Kier alpha value is -2.73. The van der Waals surface area contributed by atoms with Crippen molar-refractivity contribution in [1.82, 2.24) is 9.55 Å². The van der Waals surface area contributed by atoms with E-state index in [9.17, 15) is 13.2 Å². The number of sulfone groups is 1.